The highest BCUT2D eigenvalue weighted by atomic mass is 32.2. The van der Waals surface area contributed by atoms with Crippen LogP contribution in [0.15, 0.2) is 48.5 Å². The van der Waals surface area contributed by atoms with Gasteiger partial charge in [0.05, 0.1) is 5.75 Å². The lowest BCUT2D eigenvalue weighted by Crippen LogP contribution is -2.47. The van der Waals surface area contributed by atoms with E-state index in [4.69, 9.17) is 0 Å². The molecular formula is C23H26N4O5S. The molecule has 3 N–H and O–H groups in total. The topological polar surface area (TPSA) is 125 Å². The molecule has 0 radical (unpaired) electrons. The van der Waals surface area contributed by atoms with E-state index in [1.54, 1.807) is 24.3 Å². The van der Waals surface area contributed by atoms with E-state index in [9.17, 15) is 22.8 Å². The van der Waals surface area contributed by atoms with Crippen LogP contribution < -0.4 is 15.4 Å². The van der Waals surface area contributed by atoms with Crippen molar-refractivity contribution in [1.82, 2.24) is 20.3 Å². The average molecular weight is 471 g/mol. The number of hydrogen-bond acceptors (Lipinski definition) is 5. The average Bonchev–Trinajstić information content (AvgIpc) is 3.03. The van der Waals surface area contributed by atoms with E-state index in [0.717, 1.165) is 28.9 Å². The lowest BCUT2D eigenvalue weighted by Gasteiger charge is -2.33. The Morgan fingerprint density at radius 2 is 1.79 bits per heavy atom. The number of amides is 4. The van der Waals surface area contributed by atoms with Crippen LogP contribution in [-0.4, -0.2) is 44.8 Å². The molecule has 1 fully saturated rings. The molecule has 2 aliphatic rings. The standard InChI is InChI=1S/C23H26N4O5S/c1-24-33(31,32)15-18-9-3-2-8-17(18)13-25-20(28)14-27-21(29)23(26-22(27)30)12-6-10-16-7-4-5-11-19(16)23/h2-5,7-9,11,24H,6,10,12-15H2,1H3,(H,25,28)(H,26,30). The predicted molar refractivity (Wildman–Crippen MR) is 121 cm³/mol. The minimum atomic E-state index is -3.48. The first-order chi connectivity index (χ1) is 15.8. The fourth-order valence-corrected chi connectivity index (χ4v) is 5.33. The van der Waals surface area contributed by atoms with Crippen LogP contribution in [0, 0.1) is 0 Å². The molecule has 9 nitrogen and oxygen atoms in total. The third kappa shape index (κ3) is 4.49. The fraction of sp³-hybridized carbons (Fsp3) is 0.348. The van der Waals surface area contributed by atoms with Gasteiger partial charge in [-0.3, -0.25) is 14.5 Å². The monoisotopic (exact) mass is 470 g/mol. The maximum Gasteiger partial charge on any atom is 0.325 e. The zero-order valence-electron chi connectivity index (χ0n) is 18.3. The lowest BCUT2D eigenvalue weighted by molar-refractivity contribution is -0.135. The van der Waals surface area contributed by atoms with Gasteiger partial charge in [-0.2, -0.15) is 0 Å². The highest BCUT2D eigenvalue weighted by Crippen LogP contribution is 2.39. The van der Waals surface area contributed by atoms with Crippen LogP contribution in [0.4, 0.5) is 4.79 Å². The minimum Gasteiger partial charge on any atom is -0.350 e. The van der Waals surface area contributed by atoms with E-state index in [-0.39, 0.29) is 12.3 Å². The van der Waals surface area contributed by atoms with E-state index in [1.165, 1.54) is 7.05 Å². The molecule has 0 aromatic heterocycles. The van der Waals surface area contributed by atoms with E-state index in [2.05, 4.69) is 15.4 Å². The zero-order valence-corrected chi connectivity index (χ0v) is 19.1. The summed E-state index contributed by atoms with van der Waals surface area (Å²) in [4.78, 5) is 39.5. The van der Waals surface area contributed by atoms with Crippen LogP contribution in [0.1, 0.15) is 35.1 Å². The van der Waals surface area contributed by atoms with E-state index < -0.39 is 40.0 Å². The molecule has 0 saturated carbocycles. The number of fused-ring (bicyclic) bond motifs is 2. The number of urea groups is 1. The van der Waals surface area contributed by atoms with Crippen LogP contribution in [0.2, 0.25) is 0 Å². The second-order valence-electron chi connectivity index (χ2n) is 8.25. The van der Waals surface area contributed by atoms with Crippen molar-refractivity contribution in [2.75, 3.05) is 13.6 Å². The van der Waals surface area contributed by atoms with Gasteiger partial charge in [-0.25, -0.2) is 17.9 Å². The molecule has 1 aliphatic carbocycles. The van der Waals surface area contributed by atoms with Gasteiger partial charge in [0.15, 0.2) is 0 Å². The maximum absolute atomic E-state index is 13.3. The van der Waals surface area contributed by atoms with Crippen molar-refractivity contribution < 1.29 is 22.8 Å². The predicted octanol–water partition coefficient (Wildman–Crippen LogP) is 1.14. The SMILES string of the molecule is CNS(=O)(=O)Cc1ccccc1CNC(=O)CN1C(=O)NC2(CCCc3ccccc32)C1=O. The van der Waals surface area contributed by atoms with Gasteiger partial charge in [-0.15, -0.1) is 0 Å². The van der Waals surface area contributed by atoms with Crippen molar-refractivity contribution in [2.45, 2.75) is 37.1 Å². The number of nitrogens with one attached hydrogen (secondary N) is 3. The summed E-state index contributed by atoms with van der Waals surface area (Å²) >= 11 is 0. The van der Waals surface area contributed by atoms with Gasteiger partial charge >= 0.3 is 6.03 Å². The summed E-state index contributed by atoms with van der Waals surface area (Å²) in [5, 5.41) is 5.52. The van der Waals surface area contributed by atoms with Crippen molar-refractivity contribution in [3.63, 3.8) is 0 Å². The molecule has 1 atom stereocenters. The molecule has 1 aliphatic heterocycles. The maximum atomic E-state index is 13.3. The normalized spacial score (nSPS) is 20.0. The van der Waals surface area contributed by atoms with E-state index >= 15 is 0 Å². The number of benzene rings is 2. The van der Waals surface area contributed by atoms with Crippen molar-refractivity contribution in [3.05, 3.63) is 70.8 Å². The fourth-order valence-electron chi connectivity index (χ4n) is 4.50. The van der Waals surface area contributed by atoms with E-state index in [0.29, 0.717) is 17.5 Å². The molecular weight excluding hydrogens is 444 g/mol. The van der Waals surface area contributed by atoms with Crippen LogP contribution in [-0.2, 0) is 43.9 Å². The Hall–Kier alpha value is -3.24. The number of rotatable bonds is 7. The number of sulfonamides is 1. The molecule has 4 amide bonds. The van der Waals surface area contributed by atoms with Crippen LogP contribution in [0.25, 0.3) is 0 Å². The molecule has 1 saturated heterocycles. The van der Waals surface area contributed by atoms with Crippen LogP contribution in [0.5, 0.6) is 0 Å². The lowest BCUT2D eigenvalue weighted by atomic mass is 9.76. The molecule has 2 aromatic carbocycles. The third-order valence-corrected chi connectivity index (χ3v) is 7.52. The van der Waals surface area contributed by atoms with Crippen molar-refractivity contribution in [3.8, 4) is 0 Å². The smallest absolute Gasteiger partial charge is 0.325 e. The largest absolute Gasteiger partial charge is 0.350 e. The summed E-state index contributed by atoms with van der Waals surface area (Å²) in [5.41, 5.74) is 1.88. The molecule has 4 rings (SSSR count). The zero-order chi connectivity index (χ0) is 23.6. The molecule has 1 heterocycles. The summed E-state index contributed by atoms with van der Waals surface area (Å²) in [6.45, 7) is -0.336. The summed E-state index contributed by atoms with van der Waals surface area (Å²) in [6.07, 6.45) is 2.08. The Bertz CT molecular complexity index is 1210. The summed E-state index contributed by atoms with van der Waals surface area (Å²) in [7, 11) is -2.13. The van der Waals surface area contributed by atoms with Gasteiger partial charge < -0.3 is 10.6 Å². The molecule has 0 bridgehead atoms. The summed E-state index contributed by atoms with van der Waals surface area (Å²) in [5.74, 6) is -1.15. The first-order valence-electron chi connectivity index (χ1n) is 10.7. The second-order valence-corrected chi connectivity index (χ2v) is 10.2. The molecule has 33 heavy (non-hydrogen) atoms. The first kappa shape index (κ1) is 22.9. The molecule has 10 heteroatoms. The number of carbonyl (C=O) groups is 3. The number of nitrogens with zero attached hydrogens (tertiary/aromatic N) is 1. The number of aryl methyl sites for hydroxylation is 1. The van der Waals surface area contributed by atoms with Gasteiger partial charge in [0.1, 0.15) is 12.1 Å². The van der Waals surface area contributed by atoms with Crippen LogP contribution in [0.3, 0.4) is 0 Å². The summed E-state index contributed by atoms with van der Waals surface area (Å²) < 4.78 is 26.1. The highest BCUT2D eigenvalue weighted by molar-refractivity contribution is 7.88. The van der Waals surface area contributed by atoms with Gasteiger partial charge in [0.2, 0.25) is 15.9 Å². The Balaban J connectivity index is 1.45. The second kappa shape index (κ2) is 8.95. The van der Waals surface area contributed by atoms with Crippen molar-refractivity contribution in [1.29, 1.82) is 0 Å². The van der Waals surface area contributed by atoms with Crippen molar-refractivity contribution in [2.24, 2.45) is 0 Å². The van der Waals surface area contributed by atoms with Gasteiger partial charge in [-0.05, 0) is 48.6 Å². The molecule has 1 unspecified atom stereocenters. The number of carbonyl (C=O) groups excluding carboxylic acids is 3. The van der Waals surface area contributed by atoms with Crippen LogP contribution >= 0.6 is 0 Å². The Labute approximate surface area is 192 Å². The van der Waals surface area contributed by atoms with E-state index in [1.807, 2.05) is 24.3 Å². The quantitative estimate of drug-likeness (QED) is 0.524. The Morgan fingerprint density at radius 3 is 2.55 bits per heavy atom. The minimum absolute atomic E-state index is 0.0753. The highest BCUT2D eigenvalue weighted by Gasteiger charge is 2.54. The first-order valence-corrected chi connectivity index (χ1v) is 12.4. The van der Waals surface area contributed by atoms with Crippen molar-refractivity contribution >= 4 is 27.9 Å². The third-order valence-electron chi connectivity index (χ3n) is 6.20. The molecule has 1 spiro atoms. The Morgan fingerprint density at radius 1 is 1.09 bits per heavy atom. The molecule has 2 aromatic rings. The number of imide groups is 1. The van der Waals surface area contributed by atoms with Gasteiger partial charge in [0, 0.05) is 6.54 Å². The number of hydrogen-bond donors (Lipinski definition) is 3. The van der Waals surface area contributed by atoms with Gasteiger partial charge in [0.25, 0.3) is 5.91 Å². The summed E-state index contributed by atoms with van der Waals surface area (Å²) in [6, 6.07) is 13.8. The molecule has 174 valence electrons. The van der Waals surface area contributed by atoms with Gasteiger partial charge in [-0.1, -0.05) is 48.5 Å². The Kier molecular flexibility index (Phi) is 6.22.